The van der Waals surface area contributed by atoms with Crippen LogP contribution in [0.15, 0.2) is 140 Å². The van der Waals surface area contributed by atoms with E-state index in [4.69, 9.17) is 9.72 Å². The molecule has 0 bridgehead atoms. The summed E-state index contributed by atoms with van der Waals surface area (Å²) in [5.41, 5.74) is 14.4. The first-order valence-corrected chi connectivity index (χ1v) is 25.2. The van der Waals surface area contributed by atoms with Crippen molar-refractivity contribution in [3.8, 4) is 17.3 Å². The normalized spacial score (nSPS) is 13.7. The maximum atomic E-state index is 7.22. The molecule has 0 atom stereocenters. The number of hydrogen-bond acceptors (Lipinski definition) is 4. The largest absolute Gasteiger partial charge is 0.509 e. The Morgan fingerprint density at radius 1 is 0.577 bits per heavy atom. The molecular weight excluding hydrogens is 1050 g/mol. The van der Waals surface area contributed by atoms with E-state index >= 15 is 0 Å². The van der Waals surface area contributed by atoms with Crippen LogP contribution in [-0.4, -0.2) is 9.55 Å². The Bertz CT molecular complexity index is 3240. The zero-order valence-electron chi connectivity index (χ0n) is 44.5. The third kappa shape index (κ3) is 10.0. The summed E-state index contributed by atoms with van der Waals surface area (Å²) in [5, 5.41) is 2.28. The summed E-state index contributed by atoms with van der Waals surface area (Å²) < 4.78 is 9.49. The van der Waals surface area contributed by atoms with Crippen LogP contribution in [0.3, 0.4) is 0 Å². The van der Waals surface area contributed by atoms with Crippen LogP contribution in [0.25, 0.3) is 33.3 Å². The Labute approximate surface area is 439 Å². The van der Waals surface area contributed by atoms with Gasteiger partial charge in [0.05, 0.1) is 0 Å². The van der Waals surface area contributed by atoms with Gasteiger partial charge in [-0.3, -0.25) is 0 Å². The number of nitrogens with zero attached hydrogens (tertiary/aromatic N) is 4. The van der Waals surface area contributed by atoms with Gasteiger partial charge >= 0.3 is 0 Å². The first-order valence-electron chi connectivity index (χ1n) is 25.2. The van der Waals surface area contributed by atoms with Gasteiger partial charge in [0.15, 0.2) is 0 Å². The zero-order chi connectivity index (χ0) is 50.1. The fourth-order valence-corrected chi connectivity index (χ4v) is 9.97. The van der Waals surface area contributed by atoms with Crippen molar-refractivity contribution in [3.05, 3.63) is 203 Å². The molecule has 0 spiro atoms. The van der Waals surface area contributed by atoms with E-state index in [1.165, 1.54) is 33.4 Å². The smallest absolute Gasteiger partial charge is 0.135 e. The van der Waals surface area contributed by atoms with E-state index in [0.29, 0.717) is 23.3 Å². The van der Waals surface area contributed by atoms with Crippen LogP contribution >= 0.6 is 0 Å². The second kappa shape index (κ2) is 19.3. The first kappa shape index (κ1) is 51.5. The van der Waals surface area contributed by atoms with E-state index in [1.54, 1.807) is 0 Å². The van der Waals surface area contributed by atoms with Crippen molar-refractivity contribution in [2.75, 3.05) is 9.80 Å². The molecule has 1 aliphatic heterocycles. The van der Waals surface area contributed by atoms with E-state index in [1.807, 2.05) is 6.20 Å². The maximum Gasteiger partial charge on any atom is 0.135 e. The van der Waals surface area contributed by atoms with Crippen LogP contribution < -0.4 is 14.5 Å². The molecule has 0 saturated heterocycles. The van der Waals surface area contributed by atoms with Crippen molar-refractivity contribution in [1.82, 2.24) is 9.55 Å². The molecule has 8 aromatic rings. The molecule has 71 heavy (non-hydrogen) atoms. The number of anilines is 2. The fraction of sp³-hybridized carbons (Fsp3) is 0.323. The third-order valence-electron chi connectivity index (χ3n) is 14.2. The van der Waals surface area contributed by atoms with Crippen molar-refractivity contribution in [2.45, 2.75) is 137 Å². The molecule has 0 amide bonds. The molecular formula is C65H71N4OPt-3. The van der Waals surface area contributed by atoms with Crippen molar-refractivity contribution in [3.63, 3.8) is 0 Å². The van der Waals surface area contributed by atoms with Gasteiger partial charge in [0.1, 0.15) is 5.82 Å². The zero-order valence-corrected chi connectivity index (χ0v) is 46.8. The quantitative estimate of drug-likeness (QED) is 0.128. The molecule has 0 radical (unpaired) electrons. The molecule has 1 aliphatic rings. The van der Waals surface area contributed by atoms with Gasteiger partial charge in [0.25, 0.3) is 0 Å². The van der Waals surface area contributed by atoms with Crippen LogP contribution in [0.2, 0.25) is 0 Å². The van der Waals surface area contributed by atoms with Crippen LogP contribution in [0.4, 0.5) is 11.4 Å². The van der Waals surface area contributed by atoms with Gasteiger partial charge < -0.3 is 19.1 Å². The number of hydrogen-bond donors (Lipinski definition) is 0. The predicted octanol–water partition coefficient (Wildman–Crippen LogP) is 17.5. The van der Waals surface area contributed by atoms with E-state index in [2.05, 4.69) is 271 Å². The molecule has 0 aliphatic carbocycles. The molecule has 0 N–H and O–H groups in total. The average Bonchev–Trinajstić information content (AvgIpc) is 3.91. The molecule has 0 unspecified atom stereocenters. The van der Waals surface area contributed by atoms with E-state index in [0.717, 1.165) is 55.8 Å². The Morgan fingerprint density at radius 2 is 1.17 bits per heavy atom. The van der Waals surface area contributed by atoms with Crippen molar-refractivity contribution >= 4 is 38.9 Å². The molecule has 2 aromatic heterocycles. The Kier molecular flexibility index (Phi) is 14.0. The monoisotopic (exact) mass is 1120 g/mol. The summed E-state index contributed by atoms with van der Waals surface area (Å²) in [6, 6.07) is 53.9. The van der Waals surface area contributed by atoms with E-state index in [9.17, 15) is 0 Å². The summed E-state index contributed by atoms with van der Waals surface area (Å²) >= 11 is 0. The average molecular weight is 1120 g/mol. The number of para-hydroxylation sites is 1. The fourth-order valence-electron chi connectivity index (χ4n) is 9.97. The minimum atomic E-state index is -0.412. The molecule has 6 heteroatoms. The number of aromatic nitrogens is 2. The maximum absolute atomic E-state index is 7.22. The van der Waals surface area contributed by atoms with Crippen LogP contribution in [0, 0.1) is 18.8 Å². The molecule has 9 rings (SSSR count). The standard InChI is InChI=1S/C65H71N4O.Pt/c1-42(2)52-28-22-29-53(43(3)4)60(52)58-40-67(41-68(58)48-26-21-25-45(33-48)62(5,6)7)49-34-47(64(11,12)13)35-50(37-49)70-51-38-55(65(14,15)44-23-17-16-18-24-44)61-54-27-19-20-30-56(54)69(57(61)39-51)59-36-46(31-32-66-59)63(8,9)10;/h16-36,38,40-43H,1-15H3;/q-3;. The summed E-state index contributed by atoms with van der Waals surface area (Å²) in [4.78, 5) is 9.65. The molecule has 6 aromatic carbocycles. The number of benzene rings is 6. The Morgan fingerprint density at radius 3 is 1.82 bits per heavy atom. The van der Waals surface area contributed by atoms with E-state index in [-0.39, 0.29) is 37.3 Å². The number of rotatable bonds is 10. The topological polar surface area (TPSA) is 33.5 Å². The molecule has 5 nitrogen and oxygen atoms in total. The number of ether oxygens (including phenoxy) is 1. The first-order chi connectivity index (χ1) is 33.0. The Hall–Kier alpha value is -5.90. The molecule has 3 heterocycles. The summed E-state index contributed by atoms with van der Waals surface area (Å²) in [5.74, 6) is 2.74. The Balaban J connectivity index is 0.00000676. The third-order valence-corrected chi connectivity index (χ3v) is 14.2. The van der Waals surface area contributed by atoms with Crippen molar-refractivity contribution < 1.29 is 25.8 Å². The van der Waals surface area contributed by atoms with Crippen LogP contribution in [-0.2, 0) is 42.7 Å². The van der Waals surface area contributed by atoms with Gasteiger partial charge in [-0.15, -0.1) is 53.8 Å². The molecule has 0 saturated carbocycles. The van der Waals surface area contributed by atoms with Crippen LogP contribution in [0.1, 0.15) is 160 Å². The number of pyridine rings is 1. The summed E-state index contributed by atoms with van der Waals surface area (Å²) in [6.45, 7) is 36.4. The van der Waals surface area contributed by atoms with Gasteiger partial charge in [0.2, 0.25) is 0 Å². The minimum Gasteiger partial charge on any atom is -0.509 e. The second-order valence-electron chi connectivity index (χ2n) is 23.6. The van der Waals surface area contributed by atoms with Gasteiger partial charge in [-0.1, -0.05) is 194 Å². The van der Waals surface area contributed by atoms with Crippen molar-refractivity contribution in [2.24, 2.45) is 0 Å². The predicted molar refractivity (Wildman–Crippen MR) is 296 cm³/mol. The van der Waals surface area contributed by atoms with Crippen molar-refractivity contribution in [1.29, 1.82) is 0 Å². The molecule has 0 fully saturated rings. The summed E-state index contributed by atoms with van der Waals surface area (Å²) in [6.07, 6.45) is 4.23. The van der Waals surface area contributed by atoms with Gasteiger partial charge in [-0.2, -0.15) is 0 Å². The molecule has 370 valence electrons. The summed E-state index contributed by atoms with van der Waals surface area (Å²) in [7, 11) is 0. The SMILES string of the molecule is CC(C)c1cccc(C(C)C)c1C1=CN(c2[c-]c(Oc3[c-]c4c(c(C(C)(C)c5ccccc5)c3)c3ccccc3n4-c3cc(C(C)(C)C)ccn3)cc(C(C)(C)C)c2)[CH-]N1c1cccc(C(C)(C)C)c1.[Pt]. The van der Waals surface area contributed by atoms with Crippen LogP contribution in [0.5, 0.6) is 11.5 Å². The number of fused-ring (bicyclic) bond motifs is 3. The van der Waals surface area contributed by atoms with Gasteiger partial charge in [0, 0.05) is 61.2 Å². The second-order valence-corrected chi connectivity index (χ2v) is 23.6. The van der Waals surface area contributed by atoms with Gasteiger partial charge in [-0.05, 0) is 103 Å². The minimum absolute atomic E-state index is 0. The van der Waals surface area contributed by atoms with E-state index < -0.39 is 5.41 Å². The van der Waals surface area contributed by atoms with Gasteiger partial charge in [-0.25, -0.2) is 4.98 Å².